The van der Waals surface area contributed by atoms with Crippen molar-refractivity contribution in [3.05, 3.63) is 18.2 Å². The molecule has 1 atom stereocenters. The molecule has 0 aliphatic heterocycles. The first-order valence-electron chi connectivity index (χ1n) is 3.50. The summed E-state index contributed by atoms with van der Waals surface area (Å²) >= 11 is 0. The van der Waals surface area contributed by atoms with Crippen molar-refractivity contribution in [1.82, 2.24) is 9.97 Å². The van der Waals surface area contributed by atoms with Crippen LogP contribution in [0.3, 0.4) is 0 Å². The number of aliphatic hydroxyl groups is 1. The number of ether oxygens (including phenoxy) is 1. The average molecular weight is 169 g/mol. The van der Waals surface area contributed by atoms with E-state index in [0.29, 0.717) is 11.6 Å². The first-order chi connectivity index (χ1) is 5.77. The van der Waals surface area contributed by atoms with E-state index in [2.05, 4.69) is 9.97 Å². The van der Waals surface area contributed by atoms with E-state index in [4.69, 9.17) is 15.6 Å². The van der Waals surface area contributed by atoms with E-state index < -0.39 is 6.04 Å². The van der Waals surface area contributed by atoms with E-state index in [-0.39, 0.29) is 6.61 Å². The van der Waals surface area contributed by atoms with Gasteiger partial charge >= 0.3 is 0 Å². The van der Waals surface area contributed by atoms with Gasteiger partial charge in [0.15, 0.2) is 5.75 Å². The van der Waals surface area contributed by atoms with Crippen LogP contribution in [0.15, 0.2) is 12.4 Å². The Kier molecular flexibility index (Phi) is 2.95. The standard InChI is InChI=1S/C7H11N3O2/c1-12-5-2-9-7(10-3-5)6(8)4-11/h2-3,6,11H,4,8H2,1H3. The fourth-order valence-electron chi connectivity index (χ4n) is 0.705. The van der Waals surface area contributed by atoms with Crippen LogP contribution in [0, 0.1) is 0 Å². The van der Waals surface area contributed by atoms with Crippen LogP contribution in [0.25, 0.3) is 0 Å². The molecule has 0 bridgehead atoms. The summed E-state index contributed by atoms with van der Waals surface area (Å²) in [5.74, 6) is 0.988. The summed E-state index contributed by atoms with van der Waals surface area (Å²) < 4.78 is 4.85. The van der Waals surface area contributed by atoms with Gasteiger partial charge in [0.1, 0.15) is 5.82 Å². The minimum atomic E-state index is -0.518. The maximum Gasteiger partial charge on any atom is 0.155 e. The van der Waals surface area contributed by atoms with Gasteiger partial charge in [0, 0.05) is 0 Å². The van der Waals surface area contributed by atoms with Crippen LogP contribution in [0.2, 0.25) is 0 Å². The summed E-state index contributed by atoms with van der Waals surface area (Å²) in [4.78, 5) is 7.80. The summed E-state index contributed by atoms with van der Waals surface area (Å²) in [6, 6.07) is -0.518. The molecule has 1 heterocycles. The topological polar surface area (TPSA) is 81.3 Å². The lowest BCUT2D eigenvalue weighted by molar-refractivity contribution is 0.263. The molecule has 0 aliphatic rings. The Morgan fingerprint density at radius 2 is 2.17 bits per heavy atom. The number of hydrogen-bond donors (Lipinski definition) is 2. The number of rotatable bonds is 3. The summed E-state index contributed by atoms with van der Waals surface area (Å²) in [5, 5.41) is 8.68. The number of nitrogens with two attached hydrogens (primary N) is 1. The van der Waals surface area contributed by atoms with Crippen molar-refractivity contribution in [2.45, 2.75) is 6.04 Å². The highest BCUT2D eigenvalue weighted by molar-refractivity contribution is 5.12. The zero-order valence-corrected chi connectivity index (χ0v) is 6.77. The first kappa shape index (κ1) is 8.89. The van der Waals surface area contributed by atoms with Gasteiger partial charge in [-0.3, -0.25) is 0 Å². The first-order valence-corrected chi connectivity index (χ1v) is 3.50. The molecule has 3 N–H and O–H groups in total. The highest BCUT2D eigenvalue weighted by Gasteiger charge is 2.06. The molecule has 0 fully saturated rings. The highest BCUT2D eigenvalue weighted by Crippen LogP contribution is 2.07. The van der Waals surface area contributed by atoms with Crippen LogP contribution in [-0.2, 0) is 0 Å². The van der Waals surface area contributed by atoms with Crippen molar-refractivity contribution in [3.8, 4) is 5.75 Å². The van der Waals surface area contributed by atoms with E-state index in [0.717, 1.165) is 0 Å². The quantitative estimate of drug-likeness (QED) is 0.636. The van der Waals surface area contributed by atoms with E-state index in [1.54, 1.807) is 0 Å². The summed E-state index contributed by atoms with van der Waals surface area (Å²) in [6.07, 6.45) is 3.02. The SMILES string of the molecule is COc1cnc(C(N)CO)nc1. The van der Waals surface area contributed by atoms with Crippen LogP contribution in [-0.4, -0.2) is 28.8 Å². The van der Waals surface area contributed by atoms with E-state index in [1.165, 1.54) is 19.5 Å². The maximum absolute atomic E-state index is 8.68. The average Bonchev–Trinajstić information content (AvgIpc) is 2.17. The van der Waals surface area contributed by atoms with Gasteiger partial charge in [-0.2, -0.15) is 0 Å². The molecule has 1 rings (SSSR count). The largest absolute Gasteiger partial charge is 0.494 e. The molecule has 5 heteroatoms. The van der Waals surface area contributed by atoms with Crippen LogP contribution in [0.5, 0.6) is 5.75 Å². The lowest BCUT2D eigenvalue weighted by Crippen LogP contribution is -2.17. The van der Waals surface area contributed by atoms with E-state index in [1.807, 2.05) is 0 Å². The predicted octanol–water partition coefficient (Wildman–Crippen LogP) is -0.523. The van der Waals surface area contributed by atoms with Gasteiger partial charge in [0.2, 0.25) is 0 Å². The van der Waals surface area contributed by atoms with Crippen molar-refractivity contribution >= 4 is 0 Å². The summed E-state index contributed by atoms with van der Waals surface area (Å²) in [5.41, 5.74) is 5.47. The van der Waals surface area contributed by atoms with Crippen molar-refractivity contribution in [1.29, 1.82) is 0 Å². The monoisotopic (exact) mass is 169 g/mol. The van der Waals surface area contributed by atoms with Crippen LogP contribution >= 0.6 is 0 Å². The van der Waals surface area contributed by atoms with Crippen LogP contribution in [0.1, 0.15) is 11.9 Å². The molecule has 0 saturated heterocycles. The minimum absolute atomic E-state index is 0.160. The molecular weight excluding hydrogens is 158 g/mol. The third-order valence-corrected chi connectivity index (χ3v) is 1.41. The zero-order valence-electron chi connectivity index (χ0n) is 6.77. The number of hydrogen-bond acceptors (Lipinski definition) is 5. The lowest BCUT2D eigenvalue weighted by Gasteiger charge is -2.05. The maximum atomic E-state index is 8.68. The van der Waals surface area contributed by atoms with Gasteiger partial charge < -0.3 is 15.6 Å². The Hall–Kier alpha value is -1.20. The molecule has 1 aromatic rings. The van der Waals surface area contributed by atoms with Gasteiger partial charge in [-0.25, -0.2) is 9.97 Å². The normalized spacial score (nSPS) is 12.6. The summed E-state index contributed by atoms with van der Waals surface area (Å²) in [7, 11) is 1.53. The molecule has 0 aromatic carbocycles. The smallest absolute Gasteiger partial charge is 0.155 e. The fourth-order valence-corrected chi connectivity index (χ4v) is 0.705. The molecule has 1 aromatic heterocycles. The molecule has 5 nitrogen and oxygen atoms in total. The van der Waals surface area contributed by atoms with E-state index >= 15 is 0 Å². The number of aliphatic hydroxyl groups excluding tert-OH is 1. The third kappa shape index (κ3) is 1.90. The number of methoxy groups -OCH3 is 1. The van der Waals surface area contributed by atoms with Crippen molar-refractivity contribution in [2.24, 2.45) is 5.73 Å². The second-order valence-corrected chi connectivity index (χ2v) is 2.27. The van der Waals surface area contributed by atoms with Gasteiger partial charge in [0.05, 0.1) is 32.2 Å². The van der Waals surface area contributed by atoms with Gasteiger partial charge in [-0.05, 0) is 0 Å². The second kappa shape index (κ2) is 3.99. The third-order valence-electron chi connectivity index (χ3n) is 1.41. The lowest BCUT2D eigenvalue weighted by atomic mass is 10.3. The number of nitrogens with zero attached hydrogens (tertiary/aromatic N) is 2. The minimum Gasteiger partial charge on any atom is -0.494 e. The second-order valence-electron chi connectivity index (χ2n) is 2.27. The van der Waals surface area contributed by atoms with Crippen molar-refractivity contribution < 1.29 is 9.84 Å². The molecule has 0 aliphatic carbocycles. The fraction of sp³-hybridized carbons (Fsp3) is 0.429. The predicted molar refractivity (Wildman–Crippen MR) is 42.6 cm³/mol. The van der Waals surface area contributed by atoms with E-state index in [9.17, 15) is 0 Å². The Morgan fingerprint density at radius 1 is 1.58 bits per heavy atom. The van der Waals surface area contributed by atoms with Gasteiger partial charge in [0.25, 0.3) is 0 Å². The van der Waals surface area contributed by atoms with Crippen LogP contribution < -0.4 is 10.5 Å². The molecule has 1 unspecified atom stereocenters. The van der Waals surface area contributed by atoms with Gasteiger partial charge in [-0.1, -0.05) is 0 Å². The zero-order chi connectivity index (χ0) is 8.97. The van der Waals surface area contributed by atoms with Crippen molar-refractivity contribution in [2.75, 3.05) is 13.7 Å². The summed E-state index contributed by atoms with van der Waals surface area (Å²) in [6.45, 7) is -0.160. The molecule has 0 radical (unpaired) electrons. The molecular formula is C7H11N3O2. The highest BCUT2D eigenvalue weighted by atomic mass is 16.5. The number of aromatic nitrogens is 2. The molecule has 0 saturated carbocycles. The Balaban J connectivity index is 2.77. The molecule has 66 valence electrons. The van der Waals surface area contributed by atoms with Crippen molar-refractivity contribution in [3.63, 3.8) is 0 Å². The Morgan fingerprint density at radius 3 is 2.58 bits per heavy atom. The van der Waals surface area contributed by atoms with Crippen LogP contribution in [0.4, 0.5) is 0 Å². The Bertz CT molecular complexity index is 237. The molecule has 12 heavy (non-hydrogen) atoms. The molecule has 0 amide bonds. The Labute approximate surface area is 70.2 Å². The van der Waals surface area contributed by atoms with Gasteiger partial charge in [-0.15, -0.1) is 0 Å². The molecule has 0 spiro atoms.